The topological polar surface area (TPSA) is 69.6 Å². The highest BCUT2D eigenvalue weighted by Gasteiger charge is 2.34. The molecule has 10 heavy (non-hydrogen) atoms. The van der Waals surface area contributed by atoms with Crippen LogP contribution in [0.25, 0.3) is 0 Å². The van der Waals surface area contributed by atoms with E-state index in [9.17, 15) is 9.59 Å². The van der Waals surface area contributed by atoms with Gasteiger partial charge in [-0.1, -0.05) is 0 Å². The number of urea groups is 1. The first kappa shape index (κ1) is 7.44. The maximum Gasteiger partial charge on any atom is 0.327 e. The smallest absolute Gasteiger partial charge is 0.327 e. The van der Waals surface area contributed by atoms with Gasteiger partial charge in [0.05, 0.1) is 6.61 Å². The lowest BCUT2D eigenvalue weighted by Crippen LogP contribution is -2.32. The fraction of sp³-hybridized carbons (Fsp3) is 0.500. The number of nitrogens with one attached hydrogen (secondary N) is 1. The molecule has 1 unspecified atom stereocenters. The van der Waals surface area contributed by atoms with Gasteiger partial charge in [-0.05, 0) is 9.39 Å². The van der Waals surface area contributed by atoms with Crippen LogP contribution in [0.1, 0.15) is 0 Å². The van der Waals surface area contributed by atoms with Gasteiger partial charge < -0.3 is 10.4 Å². The molecule has 1 rings (SSSR count). The molecule has 0 bridgehead atoms. The quantitative estimate of drug-likeness (QED) is 0.371. The first-order valence-corrected chi connectivity index (χ1v) is 3.18. The molecule has 0 aromatic carbocycles. The van der Waals surface area contributed by atoms with E-state index in [0.717, 1.165) is 4.67 Å². The molecule has 0 saturated carbocycles. The Kier molecular flexibility index (Phi) is 1.87. The number of imide groups is 1. The molecule has 2 N–H and O–H groups in total. The molecule has 56 valence electrons. The largest absolute Gasteiger partial charge is 0.394 e. The van der Waals surface area contributed by atoms with Crippen LogP contribution in [0, 0.1) is 0 Å². The fourth-order valence-corrected chi connectivity index (χ4v) is 0.927. The number of hydrogen-bond donors (Lipinski definition) is 2. The summed E-state index contributed by atoms with van der Waals surface area (Å²) in [6.07, 6.45) is 0. The van der Waals surface area contributed by atoms with E-state index in [1.54, 1.807) is 0 Å². The molecular formula is C4H7N2O3P. The van der Waals surface area contributed by atoms with Crippen LogP contribution in [0.2, 0.25) is 0 Å². The Bertz CT molecular complexity index is 183. The van der Waals surface area contributed by atoms with Crippen molar-refractivity contribution in [3.63, 3.8) is 0 Å². The SMILES string of the molecule is O=C1N[C@@H](CO)C(=O)N1P. The average molecular weight is 162 g/mol. The van der Waals surface area contributed by atoms with Gasteiger partial charge in [-0.2, -0.15) is 0 Å². The molecule has 6 heteroatoms. The van der Waals surface area contributed by atoms with Crippen LogP contribution >= 0.6 is 9.39 Å². The van der Waals surface area contributed by atoms with E-state index in [4.69, 9.17) is 5.11 Å². The lowest BCUT2D eigenvalue weighted by molar-refractivity contribution is -0.124. The highest BCUT2D eigenvalue weighted by Crippen LogP contribution is 2.09. The zero-order chi connectivity index (χ0) is 7.72. The van der Waals surface area contributed by atoms with Crippen LogP contribution in [0.15, 0.2) is 0 Å². The first-order valence-electron chi connectivity index (χ1n) is 2.67. The second-order valence-corrected chi connectivity index (χ2v) is 2.41. The Morgan fingerprint density at radius 3 is 2.50 bits per heavy atom. The lowest BCUT2D eigenvalue weighted by Gasteiger charge is -2.01. The Morgan fingerprint density at radius 1 is 1.70 bits per heavy atom. The van der Waals surface area contributed by atoms with Crippen molar-refractivity contribution in [3.05, 3.63) is 0 Å². The summed E-state index contributed by atoms with van der Waals surface area (Å²) in [5.74, 6) is -0.419. The van der Waals surface area contributed by atoms with Crippen LogP contribution < -0.4 is 5.32 Å². The minimum Gasteiger partial charge on any atom is -0.394 e. The third kappa shape index (κ3) is 0.978. The molecule has 0 aromatic heterocycles. The summed E-state index contributed by atoms with van der Waals surface area (Å²) >= 11 is 0. The molecule has 1 saturated heterocycles. The molecule has 1 aliphatic rings. The van der Waals surface area contributed by atoms with E-state index in [1.807, 2.05) is 9.39 Å². The van der Waals surface area contributed by atoms with Gasteiger partial charge in [0.2, 0.25) is 0 Å². The zero-order valence-electron chi connectivity index (χ0n) is 5.07. The summed E-state index contributed by atoms with van der Waals surface area (Å²) < 4.78 is 0.862. The summed E-state index contributed by atoms with van der Waals surface area (Å²) in [6.45, 7) is -0.352. The van der Waals surface area contributed by atoms with Gasteiger partial charge in [-0.3, -0.25) is 4.79 Å². The highest BCUT2D eigenvalue weighted by atomic mass is 31.0. The van der Waals surface area contributed by atoms with Crippen molar-refractivity contribution < 1.29 is 14.7 Å². The average Bonchev–Trinajstić information content (AvgIpc) is 2.17. The number of carbonyl (C=O) groups excluding carboxylic acids is 2. The van der Waals surface area contributed by atoms with Gasteiger partial charge in [0, 0.05) is 0 Å². The molecule has 0 aromatic rings. The maximum atomic E-state index is 10.8. The van der Waals surface area contributed by atoms with Crippen molar-refractivity contribution in [2.45, 2.75) is 6.04 Å². The van der Waals surface area contributed by atoms with Crippen molar-refractivity contribution in [2.75, 3.05) is 6.61 Å². The minimum atomic E-state index is -0.759. The molecule has 0 aliphatic carbocycles. The molecule has 1 heterocycles. The Balaban J connectivity index is 2.71. The molecule has 3 amide bonds. The van der Waals surface area contributed by atoms with Crippen molar-refractivity contribution >= 4 is 21.3 Å². The Hall–Kier alpha value is -0.670. The Labute approximate surface area is 59.6 Å². The molecule has 2 atom stereocenters. The summed E-state index contributed by atoms with van der Waals surface area (Å²) in [5.41, 5.74) is 0. The normalized spacial score (nSPS) is 25.4. The molecule has 0 spiro atoms. The predicted octanol–water partition coefficient (Wildman–Crippen LogP) is -1.31. The van der Waals surface area contributed by atoms with Crippen LogP contribution in [0.4, 0.5) is 4.79 Å². The number of nitrogens with zero attached hydrogens (tertiary/aromatic N) is 1. The van der Waals surface area contributed by atoms with Crippen LogP contribution in [0.3, 0.4) is 0 Å². The number of rotatable bonds is 1. The van der Waals surface area contributed by atoms with E-state index >= 15 is 0 Å². The van der Waals surface area contributed by atoms with Gasteiger partial charge in [-0.15, -0.1) is 0 Å². The van der Waals surface area contributed by atoms with Crippen LogP contribution in [-0.2, 0) is 4.79 Å². The summed E-state index contributed by atoms with van der Waals surface area (Å²) in [6, 6.07) is -1.25. The van der Waals surface area contributed by atoms with Gasteiger partial charge in [0.25, 0.3) is 5.91 Å². The van der Waals surface area contributed by atoms with Gasteiger partial charge in [0.15, 0.2) is 0 Å². The van der Waals surface area contributed by atoms with Crippen molar-refractivity contribution in [3.8, 4) is 0 Å². The highest BCUT2D eigenvalue weighted by molar-refractivity contribution is 7.16. The van der Waals surface area contributed by atoms with Gasteiger partial charge in [0.1, 0.15) is 6.04 Å². The number of hydrogen-bond acceptors (Lipinski definition) is 3. The number of aliphatic hydroxyl groups is 1. The molecule has 0 radical (unpaired) electrons. The molecule has 5 nitrogen and oxygen atoms in total. The van der Waals surface area contributed by atoms with E-state index in [1.165, 1.54) is 0 Å². The fourth-order valence-electron chi connectivity index (χ4n) is 0.672. The second-order valence-electron chi connectivity index (χ2n) is 1.89. The molecule has 1 fully saturated rings. The molecule has 1 aliphatic heterocycles. The summed E-state index contributed by atoms with van der Waals surface area (Å²) in [7, 11) is 1.97. The van der Waals surface area contributed by atoms with E-state index < -0.39 is 18.0 Å². The first-order chi connectivity index (χ1) is 4.66. The third-order valence-corrected chi connectivity index (χ3v) is 1.72. The standard InChI is InChI=1S/C4H7N2O3P/c7-1-2-3(8)6(10)4(9)5-2/h2,7H,1,10H2,(H,5,9)/t2-/m0/s1. The summed E-state index contributed by atoms with van der Waals surface area (Å²) in [5, 5.41) is 10.8. The van der Waals surface area contributed by atoms with Crippen LogP contribution in [0.5, 0.6) is 0 Å². The van der Waals surface area contributed by atoms with Crippen molar-refractivity contribution in [1.82, 2.24) is 9.99 Å². The van der Waals surface area contributed by atoms with Crippen molar-refractivity contribution in [2.24, 2.45) is 0 Å². The van der Waals surface area contributed by atoms with E-state index in [0.29, 0.717) is 0 Å². The third-order valence-electron chi connectivity index (χ3n) is 1.23. The zero-order valence-corrected chi connectivity index (χ0v) is 6.23. The van der Waals surface area contributed by atoms with E-state index in [-0.39, 0.29) is 6.61 Å². The van der Waals surface area contributed by atoms with Gasteiger partial charge in [-0.25, -0.2) is 9.46 Å². The Morgan fingerprint density at radius 2 is 2.30 bits per heavy atom. The van der Waals surface area contributed by atoms with Gasteiger partial charge >= 0.3 is 6.03 Å². The number of aliphatic hydroxyl groups excluding tert-OH is 1. The lowest BCUT2D eigenvalue weighted by atomic mass is 10.3. The van der Waals surface area contributed by atoms with Crippen molar-refractivity contribution in [1.29, 1.82) is 0 Å². The number of carbonyl (C=O) groups is 2. The van der Waals surface area contributed by atoms with E-state index in [2.05, 4.69) is 5.32 Å². The molecular weight excluding hydrogens is 155 g/mol. The predicted molar refractivity (Wildman–Crippen MR) is 36.0 cm³/mol. The minimum absolute atomic E-state index is 0.352. The van der Waals surface area contributed by atoms with Crippen LogP contribution in [-0.4, -0.2) is 34.4 Å². The second kappa shape index (κ2) is 2.52. The summed E-state index contributed by atoms with van der Waals surface area (Å²) in [4.78, 5) is 21.4. The maximum absolute atomic E-state index is 10.8. The number of amides is 3. The monoisotopic (exact) mass is 162 g/mol.